The molecule has 128 valence electrons. The summed E-state index contributed by atoms with van der Waals surface area (Å²) < 4.78 is 0. The topological polar surface area (TPSA) is 0 Å². The molecule has 0 N–H and O–H groups in total. The molecule has 2 aliphatic rings. The Kier molecular flexibility index (Phi) is 13.4. The van der Waals surface area contributed by atoms with E-state index in [1.165, 1.54) is 22.3 Å². The van der Waals surface area contributed by atoms with Crippen LogP contribution in [0.3, 0.4) is 0 Å². The Hall–Kier alpha value is 0.254. The van der Waals surface area contributed by atoms with Crippen LogP contribution in [-0.4, -0.2) is 0 Å². The summed E-state index contributed by atoms with van der Waals surface area (Å²) in [4.78, 5) is 0. The molecule has 0 fully saturated rings. The van der Waals surface area contributed by atoms with Gasteiger partial charge in [-0.1, -0.05) is 66.2 Å². The fourth-order valence-electron chi connectivity index (χ4n) is 2.85. The van der Waals surface area contributed by atoms with Crippen molar-refractivity contribution >= 4 is 0 Å². The summed E-state index contributed by atoms with van der Waals surface area (Å²) in [5.74, 6) is 0. The predicted molar refractivity (Wildman–Crippen MR) is 89.2 cm³/mol. The van der Waals surface area contributed by atoms with E-state index < -0.39 is 0 Å². The molecule has 0 saturated carbocycles. The molecular weight excluding hydrogens is 359 g/mol. The molecule has 0 bridgehead atoms. The molecule has 0 nitrogen and oxygen atoms in total. The van der Waals surface area contributed by atoms with Crippen LogP contribution in [0, 0.1) is 23.0 Å². The van der Waals surface area contributed by atoms with Gasteiger partial charge in [-0.2, -0.15) is 23.3 Å². The summed E-state index contributed by atoms with van der Waals surface area (Å²) in [7, 11) is 0. The van der Waals surface area contributed by atoms with E-state index in [1.807, 2.05) is 0 Å². The standard InChI is InChI=1S/2C10H15.2ClH.Ti/c2*1-8-6-5-7-9(8)10(2,3)4;;;/h2*7H,5H2,1-4H3;2*1H;/q2*-1;;;+4/p-2. The molecule has 23 heavy (non-hydrogen) atoms. The van der Waals surface area contributed by atoms with Crippen LogP contribution in [0.4, 0.5) is 0 Å². The Labute approximate surface area is 171 Å². The Morgan fingerprint density at radius 3 is 1.04 bits per heavy atom. The molecule has 0 spiro atoms. The number of rotatable bonds is 0. The van der Waals surface area contributed by atoms with Gasteiger partial charge in [-0.25, -0.2) is 11.1 Å². The first-order valence-electron chi connectivity index (χ1n) is 7.60. The molecule has 0 amide bonds. The van der Waals surface area contributed by atoms with E-state index >= 15 is 0 Å². The zero-order valence-corrected chi connectivity index (χ0v) is 18.9. The summed E-state index contributed by atoms with van der Waals surface area (Å²) in [6, 6.07) is 0. The van der Waals surface area contributed by atoms with Crippen LogP contribution in [0.25, 0.3) is 0 Å². The zero-order chi connectivity index (χ0) is 15.6. The van der Waals surface area contributed by atoms with Crippen LogP contribution >= 0.6 is 0 Å². The van der Waals surface area contributed by atoms with Crippen molar-refractivity contribution < 1.29 is 46.5 Å². The zero-order valence-electron chi connectivity index (χ0n) is 15.8. The summed E-state index contributed by atoms with van der Waals surface area (Å²) in [6.45, 7) is 17.8. The maximum atomic E-state index is 3.30. The van der Waals surface area contributed by atoms with Crippen LogP contribution in [0.5, 0.6) is 0 Å². The van der Waals surface area contributed by atoms with Crippen LogP contribution in [0.1, 0.15) is 68.2 Å². The minimum absolute atomic E-state index is 0. The minimum Gasteiger partial charge on any atom is -1.00 e. The molecule has 0 saturated heterocycles. The Bertz CT molecular complexity index is 435. The average Bonchev–Trinajstić information content (AvgIpc) is 2.85. The Morgan fingerprint density at radius 2 is 0.957 bits per heavy atom. The first-order chi connectivity index (χ1) is 9.03. The van der Waals surface area contributed by atoms with Crippen LogP contribution < -0.4 is 24.8 Å². The molecule has 0 unspecified atom stereocenters. The third-order valence-corrected chi connectivity index (χ3v) is 3.77. The van der Waals surface area contributed by atoms with Gasteiger partial charge in [0.2, 0.25) is 0 Å². The molecule has 0 heterocycles. The van der Waals surface area contributed by atoms with Gasteiger partial charge in [0, 0.05) is 0 Å². The quantitative estimate of drug-likeness (QED) is 0.411. The molecular formula is C20H30Cl2Ti. The van der Waals surface area contributed by atoms with Gasteiger partial charge >= 0.3 is 21.7 Å². The van der Waals surface area contributed by atoms with Gasteiger partial charge in [0.05, 0.1) is 0 Å². The molecule has 0 aromatic rings. The average molecular weight is 389 g/mol. The molecule has 2 aliphatic carbocycles. The van der Waals surface area contributed by atoms with Crippen molar-refractivity contribution in [1.82, 2.24) is 0 Å². The van der Waals surface area contributed by atoms with Gasteiger partial charge < -0.3 is 24.8 Å². The fourth-order valence-corrected chi connectivity index (χ4v) is 2.85. The van der Waals surface area contributed by atoms with Crippen LogP contribution in [-0.2, 0) is 21.7 Å². The number of hydrogen-bond acceptors (Lipinski definition) is 0. The van der Waals surface area contributed by atoms with Crippen molar-refractivity contribution in [1.29, 1.82) is 0 Å². The van der Waals surface area contributed by atoms with Gasteiger partial charge in [-0.05, 0) is 0 Å². The van der Waals surface area contributed by atoms with Gasteiger partial charge in [0.25, 0.3) is 0 Å². The van der Waals surface area contributed by atoms with Crippen molar-refractivity contribution in [3.05, 3.63) is 46.6 Å². The van der Waals surface area contributed by atoms with E-state index in [0.717, 1.165) is 12.8 Å². The smallest absolute Gasteiger partial charge is 1.00 e. The van der Waals surface area contributed by atoms with E-state index in [2.05, 4.69) is 79.7 Å². The first-order valence-corrected chi connectivity index (χ1v) is 7.60. The van der Waals surface area contributed by atoms with Crippen LogP contribution in [0.15, 0.2) is 34.4 Å². The van der Waals surface area contributed by atoms with Gasteiger partial charge in [0.15, 0.2) is 0 Å². The first kappa shape index (κ1) is 28.1. The second-order valence-electron chi connectivity index (χ2n) is 7.75. The van der Waals surface area contributed by atoms with Crippen molar-refractivity contribution in [2.45, 2.75) is 68.2 Å². The molecule has 0 aliphatic heterocycles. The second kappa shape index (κ2) is 11.0. The summed E-state index contributed by atoms with van der Waals surface area (Å²) >= 11 is 0. The number of halogens is 2. The van der Waals surface area contributed by atoms with Gasteiger partial charge in [-0.3, -0.25) is 12.2 Å². The van der Waals surface area contributed by atoms with E-state index in [9.17, 15) is 0 Å². The summed E-state index contributed by atoms with van der Waals surface area (Å²) in [6.07, 6.45) is 13.2. The Balaban J connectivity index is -0.000000308. The maximum absolute atomic E-state index is 3.30. The van der Waals surface area contributed by atoms with Crippen molar-refractivity contribution in [3.63, 3.8) is 0 Å². The SMILES string of the molecule is CC1=[C-]CC=C1C(C)(C)C.CC1=[C-]CC=C1C(C)(C)C.[Cl-].[Cl-].[Ti+4]. The second-order valence-corrected chi connectivity index (χ2v) is 7.75. The summed E-state index contributed by atoms with van der Waals surface area (Å²) in [5.41, 5.74) is 6.24. The maximum Gasteiger partial charge on any atom is 4.00 e. The molecule has 0 atom stereocenters. The van der Waals surface area contributed by atoms with E-state index in [4.69, 9.17) is 0 Å². The molecule has 0 aromatic carbocycles. The van der Waals surface area contributed by atoms with Gasteiger partial charge in [-0.15, -0.1) is 12.8 Å². The van der Waals surface area contributed by atoms with Crippen molar-refractivity contribution in [2.24, 2.45) is 10.8 Å². The van der Waals surface area contributed by atoms with Crippen LogP contribution in [0.2, 0.25) is 0 Å². The minimum atomic E-state index is 0. The van der Waals surface area contributed by atoms with E-state index in [-0.39, 0.29) is 46.5 Å². The van der Waals surface area contributed by atoms with Crippen molar-refractivity contribution in [3.8, 4) is 0 Å². The number of allylic oxidation sites excluding steroid dienone is 8. The molecule has 0 aromatic heterocycles. The molecule has 0 radical (unpaired) electrons. The third kappa shape index (κ3) is 8.78. The van der Waals surface area contributed by atoms with E-state index in [0.29, 0.717) is 10.8 Å². The molecule has 3 heteroatoms. The molecule has 2 rings (SSSR count). The Morgan fingerprint density at radius 1 is 0.696 bits per heavy atom. The van der Waals surface area contributed by atoms with E-state index in [1.54, 1.807) is 0 Å². The van der Waals surface area contributed by atoms with Crippen molar-refractivity contribution in [2.75, 3.05) is 0 Å². The monoisotopic (exact) mass is 388 g/mol. The summed E-state index contributed by atoms with van der Waals surface area (Å²) in [5, 5.41) is 0. The fraction of sp³-hybridized carbons (Fsp3) is 0.600. The number of hydrogen-bond donors (Lipinski definition) is 0. The largest absolute Gasteiger partial charge is 4.00 e. The van der Waals surface area contributed by atoms with Gasteiger partial charge in [0.1, 0.15) is 0 Å². The normalized spacial score (nSPS) is 16.3. The predicted octanol–water partition coefficient (Wildman–Crippen LogP) is 0.230. The third-order valence-electron chi connectivity index (χ3n) is 3.77.